The molecule has 1 N–H and O–H groups in total. The van der Waals surface area contributed by atoms with E-state index < -0.39 is 0 Å². The highest BCUT2D eigenvalue weighted by Gasteiger charge is 2.19. The van der Waals surface area contributed by atoms with Gasteiger partial charge in [-0.15, -0.1) is 21.5 Å². The van der Waals surface area contributed by atoms with Crippen LogP contribution >= 0.6 is 34.7 Å². The number of nitrogens with one attached hydrogen (secondary N) is 1. The number of aromatic nitrogens is 6. The second-order valence-electron chi connectivity index (χ2n) is 7.57. The van der Waals surface area contributed by atoms with Crippen molar-refractivity contribution >= 4 is 40.6 Å². The third kappa shape index (κ3) is 5.62. The SMILES string of the molecule is O=C(NCCc1ccccn1)c1csc(CSc2nnc(-c3ccncc3)n2-c2ccccc2Cl)n1. The number of hydrogen-bond acceptors (Lipinski definition) is 8. The molecule has 0 fully saturated rings. The highest BCUT2D eigenvalue weighted by Crippen LogP contribution is 2.32. The summed E-state index contributed by atoms with van der Waals surface area (Å²) in [4.78, 5) is 25.4. The number of amides is 1. The van der Waals surface area contributed by atoms with Gasteiger partial charge in [-0.05, 0) is 36.4 Å². The smallest absolute Gasteiger partial charge is 0.270 e. The van der Waals surface area contributed by atoms with Gasteiger partial charge < -0.3 is 5.32 Å². The Kier molecular flexibility index (Phi) is 7.65. The minimum absolute atomic E-state index is 0.197. The Hall–Kier alpha value is -3.60. The summed E-state index contributed by atoms with van der Waals surface area (Å²) >= 11 is 9.45. The van der Waals surface area contributed by atoms with Gasteiger partial charge in [0.25, 0.3) is 5.91 Å². The van der Waals surface area contributed by atoms with E-state index in [0.717, 1.165) is 22.0 Å². The van der Waals surface area contributed by atoms with E-state index in [2.05, 4.69) is 30.5 Å². The molecular weight excluding hydrogens is 514 g/mol. The first-order valence-corrected chi connectivity index (χ1v) is 13.3. The normalized spacial score (nSPS) is 10.9. The van der Waals surface area contributed by atoms with E-state index in [1.54, 1.807) is 24.0 Å². The number of carbonyl (C=O) groups excluding carboxylic acids is 1. The molecule has 4 heterocycles. The van der Waals surface area contributed by atoms with Crippen LogP contribution in [0.3, 0.4) is 0 Å². The summed E-state index contributed by atoms with van der Waals surface area (Å²) in [7, 11) is 0. The van der Waals surface area contributed by atoms with Gasteiger partial charge in [0, 0.05) is 48.2 Å². The standard InChI is InChI=1S/C25H20ClN7OS2/c26-19-6-1-2-7-21(19)33-23(17-8-12-27-13-9-17)31-32-25(33)36-16-22-30-20(15-35-22)24(34)29-14-10-18-5-3-4-11-28-18/h1-9,11-13,15H,10,14,16H2,(H,29,34). The predicted octanol–water partition coefficient (Wildman–Crippen LogP) is 5.10. The van der Waals surface area contributed by atoms with Gasteiger partial charge in [-0.3, -0.25) is 19.3 Å². The Morgan fingerprint density at radius 1 is 1.03 bits per heavy atom. The van der Waals surface area contributed by atoms with Gasteiger partial charge in [-0.2, -0.15) is 0 Å². The largest absolute Gasteiger partial charge is 0.350 e. The molecule has 1 aromatic carbocycles. The van der Waals surface area contributed by atoms with Gasteiger partial charge in [-0.25, -0.2) is 4.98 Å². The Labute approximate surface area is 220 Å². The molecule has 180 valence electrons. The van der Waals surface area contributed by atoms with Gasteiger partial charge in [-0.1, -0.05) is 41.6 Å². The number of thiazole rings is 1. The van der Waals surface area contributed by atoms with Crippen LogP contribution in [-0.4, -0.2) is 42.2 Å². The maximum Gasteiger partial charge on any atom is 0.270 e. The first-order valence-electron chi connectivity index (χ1n) is 11.0. The molecule has 5 aromatic rings. The molecule has 0 aliphatic carbocycles. The fourth-order valence-corrected chi connectivity index (χ4v) is 5.41. The molecule has 0 bridgehead atoms. The lowest BCUT2D eigenvalue weighted by molar-refractivity contribution is 0.0949. The summed E-state index contributed by atoms with van der Waals surface area (Å²) in [5.41, 5.74) is 3.00. The van der Waals surface area contributed by atoms with Crippen LogP contribution in [0.15, 0.2) is 83.7 Å². The summed E-state index contributed by atoms with van der Waals surface area (Å²) in [6.45, 7) is 0.496. The maximum absolute atomic E-state index is 12.5. The third-order valence-electron chi connectivity index (χ3n) is 5.17. The summed E-state index contributed by atoms with van der Waals surface area (Å²) < 4.78 is 1.93. The minimum Gasteiger partial charge on any atom is -0.350 e. The quantitative estimate of drug-likeness (QED) is 0.263. The number of thioether (sulfide) groups is 1. The number of carbonyl (C=O) groups is 1. The van der Waals surface area contributed by atoms with Gasteiger partial charge in [0.2, 0.25) is 0 Å². The molecule has 0 atom stereocenters. The average Bonchev–Trinajstić information content (AvgIpc) is 3.56. The number of halogens is 1. The van der Waals surface area contributed by atoms with E-state index >= 15 is 0 Å². The Balaban J connectivity index is 1.29. The van der Waals surface area contributed by atoms with E-state index in [9.17, 15) is 4.79 Å². The summed E-state index contributed by atoms with van der Waals surface area (Å²) in [6.07, 6.45) is 5.84. The van der Waals surface area contributed by atoms with Crippen LogP contribution in [0.1, 0.15) is 21.2 Å². The first-order chi connectivity index (χ1) is 17.7. The third-order valence-corrected chi connectivity index (χ3v) is 7.46. The molecule has 0 unspecified atom stereocenters. The first kappa shape index (κ1) is 24.1. The van der Waals surface area contributed by atoms with Crippen molar-refractivity contribution in [2.24, 2.45) is 0 Å². The number of pyridine rings is 2. The van der Waals surface area contributed by atoms with Gasteiger partial charge in [0.15, 0.2) is 11.0 Å². The van der Waals surface area contributed by atoms with Gasteiger partial charge in [0.05, 0.1) is 16.5 Å². The molecule has 0 spiro atoms. The van der Waals surface area contributed by atoms with Gasteiger partial charge in [0.1, 0.15) is 10.7 Å². The van der Waals surface area contributed by atoms with Crippen molar-refractivity contribution < 1.29 is 4.79 Å². The molecule has 0 aliphatic rings. The molecule has 11 heteroatoms. The highest BCUT2D eigenvalue weighted by molar-refractivity contribution is 7.98. The highest BCUT2D eigenvalue weighted by atomic mass is 35.5. The lowest BCUT2D eigenvalue weighted by Crippen LogP contribution is -2.26. The molecule has 4 aromatic heterocycles. The van der Waals surface area contributed by atoms with Crippen molar-refractivity contribution in [2.75, 3.05) is 6.54 Å². The van der Waals surface area contributed by atoms with E-state index in [-0.39, 0.29) is 5.91 Å². The second-order valence-corrected chi connectivity index (χ2v) is 9.86. The monoisotopic (exact) mass is 533 g/mol. The number of nitrogens with zero attached hydrogens (tertiary/aromatic N) is 6. The summed E-state index contributed by atoms with van der Waals surface area (Å²) in [6, 6.07) is 17.1. The second kappa shape index (κ2) is 11.4. The molecule has 0 aliphatic heterocycles. The lowest BCUT2D eigenvalue weighted by Gasteiger charge is -2.11. The van der Waals surface area contributed by atoms with Crippen LogP contribution in [0.5, 0.6) is 0 Å². The fraction of sp³-hybridized carbons (Fsp3) is 0.120. The number of rotatable bonds is 9. The molecule has 0 radical (unpaired) electrons. The molecule has 0 saturated heterocycles. The van der Waals surface area contributed by atoms with Crippen molar-refractivity contribution in [3.8, 4) is 17.1 Å². The molecule has 1 amide bonds. The Bertz CT molecular complexity index is 1460. The van der Waals surface area contributed by atoms with E-state index in [4.69, 9.17) is 11.6 Å². The predicted molar refractivity (Wildman–Crippen MR) is 142 cm³/mol. The van der Waals surface area contributed by atoms with E-state index in [1.807, 2.05) is 59.2 Å². The molecular formula is C25H20ClN7OS2. The molecule has 0 saturated carbocycles. The average molecular weight is 534 g/mol. The zero-order valence-electron chi connectivity index (χ0n) is 18.9. The molecule has 5 rings (SSSR count). The van der Waals surface area contributed by atoms with Crippen molar-refractivity contribution in [1.82, 2.24) is 35.0 Å². The lowest BCUT2D eigenvalue weighted by atomic mass is 10.2. The Morgan fingerprint density at radius 3 is 2.67 bits per heavy atom. The Morgan fingerprint density at radius 2 is 1.86 bits per heavy atom. The summed E-state index contributed by atoms with van der Waals surface area (Å²) in [5.74, 6) is 1.00. The minimum atomic E-state index is -0.197. The zero-order chi connectivity index (χ0) is 24.7. The van der Waals surface area contributed by atoms with E-state index in [1.165, 1.54) is 23.1 Å². The molecule has 8 nitrogen and oxygen atoms in total. The summed E-state index contributed by atoms with van der Waals surface area (Å²) in [5, 5.41) is 15.6. The topological polar surface area (TPSA) is 98.5 Å². The van der Waals surface area contributed by atoms with Crippen molar-refractivity contribution in [2.45, 2.75) is 17.3 Å². The maximum atomic E-state index is 12.5. The van der Waals surface area contributed by atoms with Crippen LogP contribution in [0.25, 0.3) is 17.1 Å². The van der Waals surface area contributed by atoms with Crippen LogP contribution in [0, 0.1) is 0 Å². The van der Waals surface area contributed by atoms with Crippen LogP contribution < -0.4 is 5.32 Å². The number of para-hydroxylation sites is 1. The zero-order valence-corrected chi connectivity index (χ0v) is 21.3. The fourth-order valence-electron chi connectivity index (χ4n) is 3.45. The van der Waals surface area contributed by atoms with Crippen LogP contribution in [0.4, 0.5) is 0 Å². The molecule has 36 heavy (non-hydrogen) atoms. The van der Waals surface area contributed by atoms with Crippen molar-refractivity contribution in [3.63, 3.8) is 0 Å². The van der Waals surface area contributed by atoms with Crippen LogP contribution in [0.2, 0.25) is 5.02 Å². The van der Waals surface area contributed by atoms with E-state index in [0.29, 0.717) is 40.4 Å². The number of benzene rings is 1. The van der Waals surface area contributed by atoms with Crippen molar-refractivity contribution in [3.05, 3.63) is 100.0 Å². The van der Waals surface area contributed by atoms with Crippen molar-refractivity contribution in [1.29, 1.82) is 0 Å². The van der Waals surface area contributed by atoms with Gasteiger partial charge >= 0.3 is 0 Å². The number of hydrogen-bond donors (Lipinski definition) is 1. The van der Waals surface area contributed by atoms with Crippen LogP contribution in [-0.2, 0) is 12.2 Å².